The molecule has 140 valence electrons. The van der Waals surface area contributed by atoms with E-state index in [-0.39, 0.29) is 12.4 Å². The number of rotatable bonds is 5. The van der Waals surface area contributed by atoms with Crippen molar-refractivity contribution in [3.63, 3.8) is 0 Å². The average molecular weight is 378 g/mol. The highest BCUT2D eigenvalue weighted by Gasteiger charge is 2.31. The first-order valence-corrected chi connectivity index (χ1v) is 7.03. The maximum Gasteiger partial charge on any atom is 0.573 e. The molecule has 0 atom stereocenters. The molecule has 0 aromatic heterocycles. The van der Waals surface area contributed by atoms with Crippen LogP contribution in [0.3, 0.4) is 0 Å². The first-order valence-electron chi connectivity index (χ1n) is 7.03. The molecule has 0 saturated carbocycles. The highest BCUT2D eigenvalue weighted by Crippen LogP contribution is 2.24. The van der Waals surface area contributed by atoms with Crippen molar-refractivity contribution in [1.29, 1.82) is 0 Å². The first kappa shape index (κ1) is 19.4. The molecule has 0 aliphatic heterocycles. The SMILES string of the molecule is NC(=NCc1cccc(OC(F)(F)F)c1)c1ccc(OC(F)(F)F)cc1. The van der Waals surface area contributed by atoms with Crippen LogP contribution < -0.4 is 15.2 Å². The number of benzene rings is 2. The van der Waals surface area contributed by atoms with Crippen molar-refractivity contribution in [1.82, 2.24) is 0 Å². The number of alkyl halides is 6. The van der Waals surface area contributed by atoms with E-state index in [9.17, 15) is 26.3 Å². The lowest BCUT2D eigenvalue weighted by atomic mass is 10.2. The van der Waals surface area contributed by atoms with E-state index in [0.29, 0.717) is 11.1 Å². The van der Waals surface area contributed by atoms with Crippen molar-refractivity contribution in [3.8, 4) is 11.5 Å². The van der Waals surface area contributed by atoms with Crippen molar-refractivity contribution in [2.24, 2.45) is 10.7 Å². The summed E-state index contributed by atoms with van der Waals surface area (Å²) in [6.45, 7) is -0.0400. The summed E-state index contributed by atoms with van der Waals surface area (Å²) < 4.78 is 80.4. The third-order valence-corrected chi connectivity index (χ3v) is 2.95. The second kappa shape index (κ2) is 7.54. The summed E-state index contributed by atoms with van der Waals surface area (Å²) in [5.41, 5.74) is 6.48. The van der Waals surface area contributed by atoms with E-state index >= 15 is 0 Å². The van der Waals surface area contributed by atoms with Crippen LogP contribution in [-0.4, -0.2) is 18.6 Å². The van der Waals surface area contributed by atoms with Crippen molar-refractivity contribution >= 4 is 5.84 Å². The smallest absolute Gasteiger partial charge is 0.406 e. The van der Waals surface area contributed by atoms with Gasteiger partial charge in [0.25, 0.3) is 0 Å². The van der Waals surface area contributed by atoms with Crippen molar-refractivity contribution < 1.29 is 35.8 Å². The molecular weight excluding hydrogens is 366 g/mol. The van der Waals surface area contributed by atoms with E-state index in [1.807, 2.05) is 0 Å². The van der Waals surface area contributed by atoms with Crippen LogP contribution in [0.25, 0.3) is 0 Å². The Balaban J connectivity index is 2.05. The summed E-state index contributed by atoms with van der Waals surface area (Å²) in [5, 5.41) is 0. The van der Waals surface area contributed by atoms with E-state index in [1.54, 1.807) is 0 Å². The van der Waals surface area contributed by atoms with Gasteiger partial charge in [-0.15, -0.1) is 26.3 Å². The molecule has 0 fully saturated rings. The van der Waals surface area contributed by atoms with E-state index in [4.69, 9.17) is 5.73 Å². The highest BCUT2D eigenvalue weighted by molar-refractivity contribution is 5.97. The Morgan fingerprint density at radius 1 is 0.846 bits per heavy atom. The molecule has 2 aromatic carbocycles. The van der Waals surface area contributed by atoms with Gasteiger partial charge in [0.15, 0.2) is 0 Å². The zero-order valence-electron chi connectivity index (χ0n) is 12.9. The third kappa shape index (κ3) is 6.54. The van der Waals surface area contributed by atoms with Crippen LogP contribution in [0.1, 0.15) is 11.1 Å². The lowest BCUT2D eigenvalue weighted by Gasteiger charge is -2.10. The summed E-state index contributed by atoms with van der Waals surface area (Å²) in [5.74, 6) is -0.797. The second-order valence-corrected chi connectivity index (χ2v) is 4.97. The fraction of sp³-hybridized carbons (Fsp3) is 0.188. The molecule has 0 aliphatic carbocycles. The molecule has 2 N–H and O–H groups in total. The quantitative estimate of drug-likeness (QED) is 0.477. The average Bonchev–Trinajstić information content (AvgIpc) is 2.50. The summed E-state index contributed by atoms with van der Waals surface area (Å²) in [6.07, 6.45) is -9.61. The lowest BCUT2D eigenvalue weighted by molar-refractivity contribution is -0.275. The molecule has 0 saturated heterocycles. The lowest BCUT2D eigenvalue weighted by Crippen LogP contribution is -2.18. The summed E-state index contributed by atoms with van der Waals surface area (Å²) >= 11 is 0. The summed E-state index contributed by atoms with van der Waals surface area (Å²) in [4.78, 5) is 4.00. The van der Waals surface area contributed by atoms with Crippen molar-refractivity contribution in [2.45, 2.75) is 19.3 Å². The molecular formula is C16H12F6N2O2. The predicted molar refractivity (Wildman–Crippen MR) is 80.7 cm³/mol. The van der Waals surface area contributed by atoms with Gasteiger partial charge in [0.2, 0.25) is 0 Å². The van der Waals surface area contributed by atoms with Gasteiger partial charge in [-0.1, -0.05) is 12.1 Å². The Morgan fingerprint density at radius 2 is 1.42 bits per heavy atom. The summed E-state index contributed by atoms with van der Waals surface area (Å²) in [6, 6.07) is 9.90. The van der Waals surface area contributed by atoms with Gasteiger partial charge in [0, 0.05) is 5.56 Å². The molecule has 0 unspecified atom stereocenters. The molecule has 26 heavy (non-hydrogen) atoms. The number of nitrogens with two attached hydrogens (primary N) is 1. The zero-order valence-corrected chi connectivity index (χ0v) is 12.9. The Labute approximate surface area is 143 Å². The van der Waals surface area contributed by atoms with Crippen LogP contribution in [-0.2, 0) is 6.54 Å². The predicted octanol–water partition coefficient (Wildman–Crippen LogP) is 4.39. The van der Waals surface area contributed by atoms with Gasteiger partial charge in [0.1, 0.15) is 17.3 Å². The standard InChI is InChI=1S/C16H12F6N2O2/c17-15(18,19)25-12-6-4-11(5-7-12)14(23)24-9-10-2-1-3-13(8-10)26-16(20,21)22/h1-8H,9H2,(H2,23,24). The van der Waals surface area contributed by atoms with Gasteiger partial charge < -0.3 is 15.2 Å². The Kier molecular flexibility index (Phi) is 5.63. The zero-order chi connectivity index (χ0) is 19.4. The fourth-order valence-electron chi connectivity index (χ4n) is 1.94. The molecule has 4 nitrogen and oxygen atoms in total. The molecule has 2 aromatic rings. The highest BCUT2D eigenvalue weighted by atomic mass is 19.4. The molecule has 0 amide bonds. The topological polar surface area (TPSA) is 56.8 Å². The number of aliphatic imine (C=N–C) groups is 1. The molecule has 0 bridgehead atoms. The van der Waals surface area contributed by atoms with Crippen LogP contribution in [0.4, 0.5) is 26.3 Å². The molecule has 0 radical (unpaired) electrons. The number of hydrogen-bond donors (Lipinski definition) is 1. The molecule has 0 heterocycles. The van der Waals surface area contributed by atoms with Crippen LogP contribution in [0.15, 0.2) is 53.5 Å². The Bertz CT molecular complexity index is 770. The third-order valence-electron chi connectivity index (χ3n) is 2.95. The van der Waals surface area contributed by atoms with Gasteiger partial charge >= 0.3 is 12.7 Å². The van der Waals surface area contributed by atoms with Crippen LogP contribution in [0.5, 0.6) is 11.5 Å². The number of ether oxygens (including phenoxy) is 2. The minimum atomic E-state index is -4.80. The molecule has 10 heteroatoms. The minimum absolute atomic E-state index is 0.00528. The first-order chi connectivity index (χ1) is 12.0. The largest absolute Gasteiger partial charge is 0.573 e. The number of amidine groups is 1. The Hall–Kier alpha value is -2.91. The molecule has 0 spiro atoms. The number of hydrogen-bond acceptors (Lipinski definition) is 3. The van der Waals surface area contributed by atoms with E-state index in [2.05, 4.69) is 14.5 Å². The maximum absolute atomic E-state index is 12.2. The number of nitrogens with zero attached hydrogens (tertiary/aromatic N) is 1. The van der Waals surface area contributed by atoms with Gasteiger partial charge in [-0.3, -0.25) is 4.99 Å². The van der Waals surface area contributed by atoms with Crippen LogP contribution in [0.2, 0.25) is 0 Å². The fourth-order valence-corrected chi connectivity index (χ4v) is 1.94. The second-order valence-electron chi connectivity index (χ2n) is 4.97. The van der Waals surface area contributed by atoms with Gasteiger partial charge in [-0.05, 0) is 42.0 Å². The van der Waals surface area contributed by atoms with Crippen LogP contribution in [0, 0.1) is 0 Å². The van der Waals surface area contributed by atoms with E-state index < -0.39 is 24.2 Å². The summed E-state index contributed by atoms with van der Waals surface area (Å²) in [7, 11) is 0. The molecule has 2 rings (SSSR count). The van der Waals surface area contributed by atoms with Crippen molar-refractivity contribution in [2.75, 3.05) is 0 Å². The van der Waals surface area contributed by atoms with Crippen LogP contribution >= 0.6 is 0 Å². The maximum atomic E-state index is 12.2. The van der Waals surface area contributed by atoms with Gasteiger partial charge in [-0.25, -0.2) is 0 Å². The van der Waals surface area contributed by atoms with Gasteiger partial charge in [0.05, 0.1) is 6.54 Å². The normalized spacial score (nSPS) is 12.8. The van der Waals surface area contributed by atoms with Crippen molar-refractivity contribution in [3.05, 3.63) is 59.7 Å². The minimum Gasteiger partial charge on any atom is -0.406 e. The Morgan fingerprint density at radius 3 is 2.00 bits per heavy atom. The molecule has 0 aliphatic rings. The number of halogens is 6. The van der Waals surface area contributed by atoms with E-state index in [0.717, 1.165) is 24.3 Å². The van der Waals surface area contributed by atoms with Gasteiger partial charge in [-0.2, -0.15) is 0 Å². The van der Waals surface area contributed by atoms with E-state index in [1.165, 1.54) is 24.3 Å². The monoisotopic (exact) mass is 378 g/mol.